The number of nitrogens with zero attached hydrogens (tertiary/aromatic N) is 1. The Kier molecular flexibility index (Phi) is 5.24. The molecule has 1 aromatic heterocycles. The van der Waals surface area contributed by atoms with Crippen molar-refractivity contribution in [1.82, 2.24) is 0 Å². The topological polar surface area (TPSA) is 76.8 Å². The Balaban J connectivity index is 1.85. The van der Waals surface area contributed by atoms with Crippen LogP contribution in [0.3, 0.4) is 0 Å². The molecule has 1 heterocycles. The standard InChI is InChI=1S/C22H16ClNO5S/c1-28-18-10-8-17(9-11-18)24(30(26,27)19-12-6-16(23)7-13-19)22(25)21-14-15-4-2-3-5-20(15)29-21/h2-14H,1H3. The molecule has 0 aliphatic heterocycles. The number of sulfonamides is 1. The lowest BCUT2D eigenvalue weighted by Gasteiger charge is -2.22. The monoisotopic (exact) mass is 441 g/mol. The number of carbonyl (C=O) groups excluding carboxylic acids is 1. The first-order valence-electron chi connectivity index (χ1n) is 8.88. The molecule has 152 valence electrons. The third-order valence-electron chi connectivity index (χ3n) is 4.48. The number of furan rings is 1. The minimum Gasteiger partial charge on any atom is -0.497 e. The van der Waals surface area contributed by atoms with Crippen molar-refractivity contribution in [2.45, 2.75) is 4.90 Å². The molecule has 0 saturated heterocycles. The highest BCUT2D eigenvalue weighted by Gasteiger charge is 2.33. The van der Waals surface area contributed by atoms with Crippen molar-refractivity contribution in [1.29, 1.82) is 0 Å². The number of carbonyl (C=O) groups is 1. The van der Waals surface area contributed by atoms with E-state index >= 15 is 0 Å². The third kappa shape index (κ3) is 3.65. The van der Waals surface area contributed by atoms with Gasteiger partial charge in [-0.05, 0) is 60.7 Å². The largest absolute Gasteiger partial charge is 0.497 e. The van der Waals surface area contributed by atoms with Crippen molar-refractivity contribution >= 4 is 44.2 Å². The lowest BCUT2D eigenvalue weighted by atomic mass is 10.2. The summed E-state index contributed by atoms with van der Waals surface area (Å²) >= 11 is 5.89. The molecule has 0 bridgehead atoms. The van der Waals surface area contributed by atoms with Gasteiger partial charge in [0.2, 0.25) is 0 Å². The number of ether oxygens (including phenoxy) is 1. The van der Waals surface area contributed by atoms with Gasteiger partial charge in [-0.15, -0.1) is 0 Å². The number of methoxy groups -OCH3 is 1. The first-order chi connectivity index (χ1) is 14.4. The van der Waals surface area contributed by atoms with E-state index in [-0.39, 0.29) is 16.3 Å². The van der Waals surface area contributed by atoms with Crippen LogP contribution in [-0.2, 0) is 10.0 Å². The van der Waals surface area contributed by atoms with Crippen molar-refractivity contribution in [2.24, 2.45) is 0 Å². The fourth-order valence-electron chi connectivity index (χ4n) is 2.98. The molecule has 30 heavy (non-hydrogen) atoms. The van der Waals surface area contributed by atoms with Crippen LogP contribution in [0.1, 0.15) is 10.6 Å². The summed E-state index contributed by atoms with van der Waals surface area (Å²) in [4.78, 5) is 13.3. The zero-order valence-corrected chi connectivity index (χ0v) is 17.4. The van der Waals surface area contributed by atoms with Crippen LogP contribution in [-0.4, -0.2) is 21.4 Å². The summed E-state index contributed by atoms with van der Waals surface area (Å²) in [5.41, 5.74) is 0.635. The second kappa shape index (κ2) is 7.85. The molecule has 0 atom stereocenters. The van der Waals surface area contributed by atoms with Crippen LogP contribution in [0.25, 0.3) is 11.0 Å². The molecule has 0 spiro atoms. The average Bonchev–Trinajstić information content (AvgIpc) is 3.19. The smallest absolute Gasteiger partial charge is 0.308 e. The molecule has 0 aliphatic rings. The van der Waals surface area contributed by atoms with Crippen LogP contribution in [0, 0.1) is 0 Å². The summed E-state index contributed by atoms with van der Waals surface area (Å²) in [7, 11) is -2.75. The second-order valence-corrected chi connectivity index (χ2v) is 8.60. The molecule has 4 aromatic rings. The van der Waals surface area contributed by atoms with Gasteiger partial charge in [-0.25, -0.2) is 8.42 Å². The van der Waals surface area contributed by atoms with Gasteiger partial charge in [-0.2, -0.15) is 4.31 Å². The Morgan fingerprint density at radius 3 is 2.27 bits per heavy atom. The van der Waals surface area contributed by atoms with E-state index in [0.29, 0.717) is 26.0 Å². The quantitative estimate of drug-likeness (QED) is 0.429. The fraction of sp³-hybridized carbons (Fsp3) is 0.0455. The molecule has 1 amide bonds. The predicted octanol–water partition coefficient (Wildman–Crippen LogP) is 5.13. The van der Waals surface area contributed by atoms with Crippen LogP contribution in [0.15, 0.2) is 88.2 Å². The highest BCUT2D eigenvalue weighted by molar-refractivity contribution is 7.93. The van der Waals surface area contributed by atoms with E-state index in [4.69, 9.17) is 20.8 Å². The summed E-state index contributed by atoms with van der Waals surface area (Å²) in [5, 5.41) is 1.08. The molecule has 4 rings (SSSR count). The predicted molar refractivity (Wildman–Crippen MR) is 115 cm³/mol. The summed E-state index contributed by atoms with van der Waals surface area (Å²) < 4.78 is 38.3. The third-order valence-corrected chi connectivity index (χ3v) is 6.46. The van der Waals surface area contributed by atoms with Gasteiger partial charge in [0.05, 0.1) is 17.7 Å². The number of halogens is 1. The summed E-state index contributed by atoms with van der Waals surface area (Å²) in [6.07, 6.45) is 0. The molecular formula is C22H16ClNO5S. The van der Waals surface area contributed by atoms with Gasteiger partial charge >= 0.3 is 5.91 Å². The number of rotatable bonds is 5. The minimum absolute atomic E-state index is 0.0767. The van der Waals surface area contributed by atoms with E-state index in [1.165, 1.54) is 49.6 Å². The van der Waals surface area contributed by atoms with E-state index in [2.05, 4.69) is 0 Å². The molecule has 6 nitrogen and oxygen atoms in total. The number of hydrogen-bond donors (Lipinski definition) is 0. The van der Waals surface area contributed by atoms with Crippen LogP contribution in [0.5, 0.6) is 5.75 Å². The maximum atomic E-state index is 13.4. The number of amides is 1. The van der Waals surface area contributed by atoms with E-state index in [0.717, 1.165) is 0 Å². The van der Waals surface area contributed by atoms with Crippen molar-refractivity contribution in [2.75, 3.05) is 11.4 Å². The molecule has 0 N–H and O–H groups in total. The summed E-state index contributed by atoms with van der Waals surface area (Å²) in [6.45, 7) is 0. The lowest BCUT2D eigenvalue weighted by molar-refractivity contribution is 0.0981. The lowest BCUT2D eigenvalue weighted by Crippen LogP contribution is -2.36. The number of hydrogen-bond acceptors (Lipinski definition) is 5. The van der Waals surface area contributed by atoms with Gasteiger partial charge in [-0.3, -0.25) is 4.79 Å². The highest BCUT2D eigenvalue weighted by Crippen LogP contribution is 2.30. The Morgan fingerprint density at radius 1 is 0.967 bits per heavy atom. The van der Waals surface area contributed by atoms with E-state index < -0.39 is 15.9 Å². The maximum absolute atomic E-state index is 13.4. The SMILES string of the molecule is COc1ccc(N(C(=O)c2cc3ccccc3o2)S(=O)(=O)c2ccc(Cl)cc2)cc1. The number of para-hydroxylation sites is 1. The molecular weight excluding hydrogens is 426 g/mol. The zero-order chi connectivity index (χ0) is 21.3. The van der Waals surface area contributed by atoms with E-state index in [1.807, 2.05) is 0 Å². The first-order valence-corrected chi connectivity index (χ1v) is 10.7. The Morgan fingerprint density at radius 2 is 1.63 bits per heavy atom. The minimum atomic E-state index is -4.25. The van der Waals surface area contributed by atoms with Crippen LogP contribution < -0.4 is 9.04 Å². The highest BCUT2D eigenvalue weighted by atomic mass is 35.5. The fourth-order valence-corrected chi connectivity index (χ4v) is 4.51. The number of anilines is 1. The maximum Gasteiger partial charge on any atom is 0.308 e. The van der Waals surface area contributed by atoms with Gasteiger partial charge in [0.1, 0.15) is 11.3 Å². The molecule has 8 heteroatoms. The Labute approximate surface area is 178 Å². The summed E-state index contributed by atoms with van der Waals surface area (Å²) in [5.74, 6) is -0.380. The van der Waals surface area contributed by atoms with Gasteiger partial charge in [0, 0.05) is 10.4 Å². The number of fused-ring (bicyclic) bond motifs is 1. The Bertz CT molecular complexity index is 1280. The zero-order valence-electron chi connectivity index (χ0n) is 15.8. The van der Waals surface area contributed by atoms with Gasteiger partial charge in [0.15, 0.2) is 5.76 Å². The molecule has 0 radical (unpaired) electrons. The molecule has 3 aromatic carbocycles. The average molecular weight is 442 g/mol. The molecule has 0 saturated carbocycles. The summed E-state index contributed by atoms with van der Waals surface area (Å²) in [6, 6.07) is 20.3. The van der Waals surface area contributed by atoms with Gasteiger partial charge < -0.3 is 9.15 Å². The Hall–Kier alpha value is -3.29. The van der Waals surface area contributed by atoms with Crippen molar-refractivity contribution in [3.8, 4) is 5.75 Å². The van der Waals surface area contributed by atoms with Gasteiger partial charge in [0.25, 0.3) is 10.0 Å². The van der Waals surface area contributed by atoms with Crippen molar-refractivity contribution in [3.63, 3.8) is 0 Å². The molecule has 0 unspecified atom stereocenters. The van der Waals surface area contributed by atoms with E-state index in [1.54, 1.807) is 36.4 Å². The van der Waals surface area contributed by atoms with Crippen LogP contribution >= 0.6 is 11.6 Å². The second-order valence-electron chi connectivity index (χ2n) is 6.38. The number of benzene rings is 3. The van der Waals surface area contributed by atoms with Crippen LogP contribution in [0.4, 0.5) is 5.69 Å². The molecule has 0 fully saturated rings. The van der Waals surface area contributed by atoms with Crippen molar-refractivity contribution in [3.05, 3.63) is 89.6 Å². The first kappa shape index (κ1) is 20.0. The van der Waals surface area contributed by atoms with Gasteiger partial charge in [-0.1, -0.05) is 29.8 Å². The normalized spacial score (nSPS) is 11.4. The molecule has 0 aliphatic carbocycles. The van der Waals surface area contributed by atoms with Crippen LogP contribution in [0.2, 0.25) is 5.02 Å². The van der Waals surface area contributed by atoms with E-state index in [9.17, 15) is 13.2 Å². The van der Waals surface area contributed by atoms with Crippen molar-refractivity contribution < 1.29 is 22.4 Å².